The van der Waals surface area contributed by atoms with Crippen LogP contribution in [0.25, 0.3) is 10.9 Å². The predicted octanol–water partition coefficient (Wildman–Crippen LogP) is 2.77. The largest absolute Gasteiger partial charge is 0.280 e. The van der Waals surface area contributed by atoms with E-state index < -0.39 is 14.9 Å². The molecule has 0 aliphatic rings. The zero-order valence-corrected chi connectivity index (χ0v) is 13.5. The number of aromatic nitrogens is 2. The Morgan fingerprint density at radius 1 is 1.21 bits per heavy atom. The Hall–Kier alpha value is -2.94. The third-order valence-corrected chi connectivity index (χ3v) is 4.95. The van der Waals surface area contributed by atoms with Crippen molar-refractivity contribution in [3.8, 4) is 0 Å². The standard InChI is InChI=1S/C15H14N4O4S/c1-2-18-15-8-3-12(9-11(15)10-16-18)17-24(22,23)14-6-4-13(5-7-14)19(20)21/h3-10,17H,2H2,1H3. The fourth-order valence-corrected chi connectivity index (χ4v) is 3.41. The average Bonchev–Trinajstić information content (AvgIpc) is 2.96. The van der Waals surface area contributed by atoms with Crippen molar-refractivity contribution < 1.29 is 13.3 Å². The van der Waals surface area contributed by atoms with E-state index in [4.69, 9.17) is 0 Å². The van der Waals surface area contributed by atoms with E-state index in [1.54, 1.807) is 24.4 Å². The van der Waals surface area contributed by atoms with Gasteiger partial charge in [-0.2, -0.15) is 5.10 Å². The highest BCUT2D eigenvalue weighted by Crippen LogP contribution is 2.23. The number of benzene rings is 2. The minimum absolute atomic E-state index is 0.0440. The summed E-state index contributed by atoms with van der Waals surface area (Å²) < 4.78 is 29.0. The molecule has 0 saturated carbocycles. The lowest BCUT2D eigenvalue weighted by Gasteiger charge is -2.08. The molecule has 0 radical (unpaired) electrons. The fraction of sp³-hybridized carbons (Fsp3) is 0.133. The lowest BCUT2D eigenvalue weighted by molar-refractivity contribution is -0.384. The number of fused-ring (bicyclic) bond motifs is 1. The molecule has 0 spiro atoms. The molecule has 3 rings (SSSR count). The summed E-state index contributed by atoms with van der Waals surface area (Å²) >= 11 is 0. The smallest absolute Gasteiger partial charge is 0.269 e. The first kappa shape index (κ1) is 15.9. The van der Waals surface area contributed by atoms with Gasteiger partial charge in [-0.1, -0.05) is 0 Å². The quantitative estimate of drug-likeness (QED) is 0.564. The second kappa shape index (κ2) is 5.93. The molecular weight excluding hydrogens is 332 g/mol. The van der Waals surface area contributed by atoms with Gasteiger partial charge in [-0.05, 0) is 37.3 Å². The molecule has 1 aromatic heterocycles. The van der Waals surface area contributed by atoms with Gasteiger partial charge in [-0.3, -0.25) is 19.5 Å². The monoisotopic (exact) mass is 346 g/mol. The highest BCUT2D eigenvalue weighted by atomic mass is 32.2. The third-order valence-electron chi connectivity index (χ3n) is 3.55. The van der Waals surface area contributed by atoms with E-state index in [0.29, 0.717) is 5.69 Å². The molecule has 0 unspecified atom stereocenters. The van der Waals surface area contributed by atoms with Crippen LogP contribution < -0.4 is 4.72 Å². The summed E-state index contributed by atoms with van der Waals surface area (Å²) in [7, 11) is -3.82. The Balaban J connectivity index is 1.89. The van der Waals surface area contributed by atoms with Gasteiger partial charge in [0, 0.05) is 29.8 Å². The molecule has 0 bridgehead atoms. The van der Waals surface area contributed by atoms with Crippen molar-refractivity contribution in [2.75, 3.05) is 4.72 Å². The van der Waals surface area contributed by atoms with Crippen LogP contribution in [0.2, 0.25) is 0 Å². The van der Waals surface area contributed by atoms with Crippen molar-refractivity contribution in [2.45, 2.75) is 18.4 Å². The second-order valence-corrected chi connectivity index (χ2v) is 6.77. The molecule has 124 valence electrons. The van der Waals surface area contributed by atoms with Gasteiger partial charge < -0.3 is 0 Å². The van der Waals surface area contributed by atoms with Gasteiger partial charge in [-0.25, -0.2) is 8.42 Å². The maximum atomic E-state index is 12.4. The number of hydrogen-bond acceptors (Lipinski definition) is 5. The number of sulfonamides is 1. The molecule has 8 nitrogen and oxygen atoms in total. The van der Waals surface area contributed by atoms with Crippen molar-refractivity contribution >= 4 is 32.3 Å². The first-order valence-corrected chi connectivity index (χ1v) is 8.62. The van der Waals surface area contributed by atoms with E-state index >= 15 is 0 Å². The highest BCUT2D eigenvalue weighted by Gasteiger charge is 2.16. The third kappa shape index (κ3) is 2.93. The van der Waals surface area contributed by atoms with Crippen LogP contribution in [0.4, 0.5) is 11.4 Å². The molecule has 0 aliphatic carbocycles. The van der Waals surface area contributed by atoms with E-state index in [0.717, 1.165) is 29.6 Å². The SMILES string of the molecule is CCn1ncc2cc(NS(=O)(=O)c3ccc([N+](=O)[O-])cc3)ccc21. The van der Waals surface area contributed by atoms with Crippen molar-refractivity contribution in [2.24, 2.45) is 0 Å². The van der Waals surface area contributed by atoms with Crippen LogP contribution in [0.3, 0.4) is 0 Å². The van der Waals surface area contributed by atoms with Gasteiger partial charge in [0.15, 0.2) is 0 Å². The van der Waals surface area contributed by atoms with E-state index in [1.807, 2.05) is 11.6 Å². The fourth-order valence-electron chi connectivity index (χ4n) is 2.36. The minimum atomic E-state index is -3.82. The molecule has 0 saturated heterocycles. The topological polar surface area (TPSA) is 107 Å². The molecule has 9 heteroatoms. The minimum Gasteiger partial charge on any atom is -0.280 e. The summed E-state index contributed by atoms with van der Waals surface area (Å²) in [6.45, 7) is 2.69. The molecule has 1 N–H and O–H groups in total. The number of aryl methyl sites for hydroxylation is 1. The summed E-state index contributed by atoms with van der Waals surface area (Å²) in [5.74, 6) is 0. The number of rotatable bonds is 5. The van der Waals surface area contributed by atoms with E-state index in [-0.39, 0.29) is 10.6 Å². The second-order valence-electron chi connectivity index (χ2n) is 5.09. The van der Waals surface area contributed by atoms with Crippen molar-refractivity contribution in [3.05, 3.63) is 58.8 Å². The van der Waals surface area contributed by atoms with Gasteiger partial charge in [0.1, 0.15) is 0 Å². The summed E-state index contributed by atoms with van der Waals surface area (Å²) in [6, 6.07) is 9.85. The highest BCUT2D eigenvalue weighted by molar-refractivity contribution is 7.92. The molecule has 0 aliphatic heterocycles. The van der Waals surface area contributed by atoms with Gasteiger partial charge in [0.05, 0.1) is 21.5 Å². The Kier molecular flexibility index (Phi) is 3.94. The summed E-state index contributed by atoms with van der Waals surface area (Å²) in [5, 5.41) is 15.7. The number of hydrogen-bond donors (Lipinski definition) is 1. The predicted molar refractivity (Wildman–Crippen MR) is 89.3 cm³/mol. The maximum Gasteiger partial charge on any atom is 0.269 e. The van der Waals surface area contributed by atoms with Crippen LogP contribution in [0.1, 0.15) is 6.92 Å². The number of nitro groups is 1. The molecule has 1 heterocycles. The zero-order chi connectivity index (χ0) is 17.3. The van der Waals surface area contributed by atoms with E-state index in [1.165, 1.54) is 12.1 Å². The van der Waals surface area contributed by atoms with Crippen LogP contribution in [0, 0.1) is 10.1 Å². The van der Waals surface area contributed by atoms with Gasteiger partial charge in [0.25, 0.3) is 15.7 Å². The van der Waals surface area contributed by atoms with Crippen LogP contribution in [0.15, 0.2) is 53.6 Å². The molecule has 0 atom stereocenters. The average molecular weight is 346 g/mol. The van der Waals surface area contributed by atoms with Gasteiger partial charge in [-0.15, -0.1) is 0 Å². The molecule has 3 aromatic rings. The normalized spacial score (nSPS) is 11.5. The van der Waals surface area contributed by atoms with Gasteiger partial charge >= 0.3 is 0 Å². The van der Waals surface area contributed by atoms with Gasteiger partial charge in [0.2, 0.25) is 0 Å². The summed E-state index contributed by atoms with van der Waals surface area (Å²) in [4.78, 5) is 10.0. The Bertz CT molecular complexity index is 1010. The first-order valence-electron chi connectivity index (χ1n) is 7.13. The summed E-state index contributed by atoms with van der Waals surface area (Å²) in [5.41, 5.74) is 1.15. The van der Waals surface area contributed by atoms with E-state index in [2.05, 4.69) is 9.82 Å². The molecule has 2 aromatic carbocycles. The number of nitrogens with one attached hydrogen (secondary N) is 1. The van der Waals surface area contributed by atoms with Crippen LogP contribution >= 0.6 is 0 Å². The summed E-state index contributed by atoms with van der Waals surface area (Å²) in [6.07, 6.45) is 1.67. The first-order chi connectivity index (χ1) is 11.4. The number of nitro benzene ring substituents is 1. The van der Waals surface area contributed by atoms with E-state index in [9.17, 15) is 18.5 Å². The zero-order valence-electron chi connectivity index (χ0n) is 12.7. The van der Waals surface area contributed by atoms with Crippen LogP contribution in [-0.4, -0.2) is 23.1 Å². The van der Waals surface area contributed by atoms with Crippen molar-refractivity contribution in [3.63, 3.8) is 0 Å². The van der Waals surface area contributed by atoms with Crippen molar-refractivity contribution in [1.82, 2.24) is 9.78 Å². The molecule has 0 fully saturated rings. The number of non-ortho nitro benzene ring substituents is 1. The molecular formula is C15H14N4O4S. The lowest BCUT2D eigenvalue weighted by Crippen LogP contribution is -2.12. The van der Waals surface area contributed by atoms with Crippen LogP contribution in [0.5, 0.6) is 0 Å². The molecule has 0 amide bonds. The number of anilines is 1. The van der Waals surface area contributed by atoms with Crippen LogP contribution in [-0.2, 0) is 16.6 Å². The Labute approximate surface area is 137 Å². The molecule has 24 heavy (non-hydrogen) atoms. The maximum absolute atomic E-state index is 12.4. The lowest BCUT2D eigenvalue weighted by atomic mass is 10.2. The number of nitrogens with zero attached hydrogens (tertiary/aromatic N) is 3. The Morgan fingerprint density at radius 2 is 1.92 bits per heavy atom. The Morgan fingerprint density at radius 3 is 2.54 bits per heavy atom. The van der Waals surface area contributed by atoms with Crippen molar-refractivity contribution in [1.29, 1.82) is 0 Å².